The highest BCUT2D eigenvalue weighted by molar-refractivity contribution is 5.43. The predicted octanol–water partition coefficient (Wildman–Crippen LogP) is 9.62. The standard InChI is InChI=1S/C52H62O12/c1-37(63-47-23-15-41(16-24-47)51(3,4)39-11-19-45(20-12-39)61-33-43(53)31-55-35-49-9-7-27-59-49)57-29-30-58-38(2)64-48-25-17-42(18-26-48)52(5,6)40-13-21-46(22-14-40)62-34-44(54)32-56-36-50-10-8-28-60-50/h7-28,37-38,43-44,53-54H,29-36H2,1-6H3. The highest BCUT2D eigenvalue weighted by atomic mass is 16.7. The van der Waals surface area contributed by atoms with Crippen LogP contribution in [0.3, 0.4) is 0 Å². The van der Waals surface area contributed by atoms with E-state index in [9.17, 15) is 10.2 Å². The monoisotopic (exact) mass is 878 g/mol. The van der Waals surface area contributed by atoms with Crippen LogP contribution in [0.25, 0.3) is 0 Å². The Morgan fingerprint density at radius 2 is 0.781 bits per heavy atom. The minimum atomic E-state index is -0.757. The summed E-state index contributed by atoms with van der Waals surface area (Å²) in [5, 5.41) is 20.5. The number of hydrogen-bond acceptors (Lipinski definition) is 12. The molecule has 12 nitrogen and oxygen atoms in total. The van der Waals surface area contributed by atoms with Crippen LogP contribution in [0.5, 0.6) is 23.0 Å². The van der Waals surface area contributed by atoms with Gasteiger partial charge in [-0.25, -0.2) is 0 Å². The summed E-state index contributed by atoms with van der Waals surface area (Å²) in [6.45, 7) is 14.2. The second-order valence-corrected chi connectivity index (χ2v) is 16.6. The van der Waals surface area contributed by atoms with Crippen LogP contribution in [0.2, 0.25) is 0 Å². The van der Waals surface area contributed by atoms with Gasteiger partial charge in [0.2, 0.25) is 0 Å². The van der Waals surface area contributed by atoms with Gasteiger partial charge < -0.3 is 56.9 Å². The van der Waals surface area contributed by atoms with Gasteiger partial charge in [0.25, 0.3) is 0 Å². The highest BCUT2D eigenvalue weighted by Crippen LogP contribution is 2.35. The first kappa shape index (κ1) is 47.9. The summed E-state index contributed by atoms with van der Waals surface area (Å²) in [5.41, 5.74) is 3.95. The van der Waals surface area contributed by atoms with Crippen LogP contribution >= 0.6 is 0 Å². The molecule has 0 amide bonds. The average Bonchev–Trinajstić information content (AvgIpc) is 4.03. The van der Waals surface area contributed by atoms with E-state index in [0.717, 1.165) is 22.3 Å². The molecule has 0 aliphatic carbocycles. The maximum atomic E-state index is 10.2. The Morgan fingerprint density at radius 3 is 1.09 bits per heavy atom. The maximum Gasteiger partial charge on any atom is 0.197 e. The molecule has 12 heteroatoms. The Bertz CT molecular complexity index is 2020. The van der Waals surface area contributed by atoms with Crippen LogP contribution in [0, 0.1) is 0 Å². The smallest absolute Gasteiger partial charge is 0.197 e. The Hall–Kier alpha value is -5.60. The van der Waals surface area contributed by atoms with E-state index >= 15 is 0 Å². The molecule has 2 N–H and O–H groups in total. The third kappa shape index (κ3) is 14.5. The van der Waals surface area contributed by atoms with Gasteiger partial charge in [-0.1, -0.05) is 76.2 Å². The summed E-state index contributed by atoms with van der Waals surface area (Å²) in [7, 11) is 0. The Morgan fingerprint density at radius 1 is 0.453 bits per heavy atom. The molecule has 4 atom stereocenters. The molecule has 2 heterocycles. The van der Waals surface area contributed by atoms with E-state index in [0.29, 0.717) is 60.9 Å². The molecule has 0 radical (unpaired) electrons. The quantitative estimate of drug-likeness (QED) is 0.0376. The molecule has 0 saturated heterocycles. The first-order valence-electron chi connectivity index (χ1n) is 21.7. The number of aliphatic hydroxyl groups is 2. The van der Waals surface area contributed by atoms with Gasteiger partial charge in [0.15, 0.2) is 12.6 Å². The molecule has 0 bridgehead atoms. The van der Waals surface area contributed by atoms with Gasteiger partial charge >= 0.3 is 0 Å². The van der Waals surface area contributed by atoms with Crippen molar-refractivity contribution in [3.05, 3.63) is 168 Å². The second kappa shape index (κ2) is 23.4. The van der Waals surface area contributed by atoms with Crippen LogP contribution in [0.15, 0.2) is 143 Å². The van der Waals surface area contributed by atoms with Crippen LogP contribution in [-0.4, -0.2) is 74.6 Å². The molecule has 6 aromatic rings. The van der Waals surface area contributed by atoms with Crippen molar-refractivity contribution >= 4 is 0 Å². The number of aliphatic hydroxyl groups excluding tert-OH is 2. The zero-order chi connectivity index (χ0) is 45.4. The van der Waals surface area contributed by atoms with Crippen molar-refractivity contribution in [2.45, 2.75) is 90.4 Å². The van der Waals surface area contributed by atoms with Crippen molar-refractivity contribution in [3.63, 3.8) is 0 Å². The molecule has 64 heavy (non-hydrogen) atoms. The summed E-state index contributed by atoms with van der Waals surface area (Å²) < 4.78 is 56.9. The molecule has 342 valence electrons. The maximum absolute atomic E-state index is 10.2. The molecule has 0 saturated carbocycles. The lowest BCUT2D eigenvalue weighted by Crippen LogP contribution is -2.23. The van der Waals surface area contributed by atoms with Crippen molar-refractivity contribution < 1.29 is 56.9 Å². The van der Waals surface area contributed by atoms with Gasteiger partial charge in [-0.3, -0.25) is 0 Å². The average molecular weight is 879 g/mol. The molecule has 0 aliphatic rings. The number of ether oxygens (including phenoxy) is 8. The van der Waals surface area contributed by atoms with Crippen LogP contribution in [0.1, 0.15) is 75.3 Å². The molecule has 6 rings (SSSR count). The van der Waals surface area contributed by atoms with E-state index in [4.69, 9.17) is 46.7 Å². The van der Waals surface area contributed by atoms with Gasteiger partial charge in [-0.15, -0.1) is 0 Å². The van der Waals surface area contributed by atoms with Gasteiger partial charge in [-0.05, 0) is 109 Å². The van der Waals surface area contributed by atoms with E-state index in [1.165, 1.54) is 0 Å². The minimum Gasteiger partial charge on any atom is -0.491 e. The molecule has 0 aliphatic heterocycles. The third-order valence-electron chi connectivity index (χ3n) is 10.9. The van der Waals surface area contributed by atoms with E-state index in [1.54, 1.807) is 24.7 Å². The zero-order valence-electron chi connectivity index (χ0n) is 37.6. The Balaban J connectivity index is 0.855. The molecule has 4 aromatic carbocycles. The molecular weight excluding hydrogens is 817 g/mol. The van der Waals surface area contributed by atoms with Crippen molar-refractivity contribution in [1.29, 1.82) is 0 Å². The van der Waals surface area contributed by atoms with E-state index in [-0.39, 0.29) is 37.3 Å². The number of hydrogen-bond donors (Lipinski definition) is 2. The summed E-state index contributed by atoms with van der Waals surface area (Å²) >= 11 is 0. The SMILES string of the molecule is CC(OCCOC(C)Oc1ccc(C(C)(C)c2ccc(OCC(O)COCc3ccco3)cc2)cc1)Oc1ccc(C(C)(C)c2ccc(OCC(O)COCc3ccco3)cc2)cc1. The fraction of sp³-hybridized carbons (Fsp3) is 0.385. The second-order valence-electron chi connectivity index (χ2n) is 16.6. The van der Waals surface area contributed by atoms with E-state index in [1.807, 2.05) is 98.8 Å². The fourth-order valence-corrected chi connectivity index (χ4v) is 6.91. The van der Waals surface area contributed by atoms with Crippen molar-refractivity contribution in [3.8, 4) is 23.0 Å². The molecule has 0 spiro atoms. The lowest BCUT2D eigenvalue weighted by Gasteiger charge is -2.27. The number of rotatable bonds is 27. The summed E-state index contributed by atoms with van der Waals surface area (Å²) in [6.07, 6.45) is 0.699. The normalized spacial score (nSPS) is 13.8. The van der Waals surface area contributed by atoms with Crippen LogP contribution in [-0.2, 0) is 43.0 Å². The Labute approximate surface area is 376 Å². The van der Waals surface area contributed by atoms with Crippen molar-refractivity contribution in [2.24, 2.45) is 0 Å². The summed E-state index contributed by atoms with van der Waals surface area (Å²) in [5.74, 6) is 4.17. The number of benzene rings is 4. The summed E-state index contributed by atoms with van der Waals surface area (Å²) in [4.78, 5) is 0. The van der Waals surface area contributed by atoms with Gasteiger partial charge in [0, 0.05) is 10.8 Å². The van der Waals surface area contributed by atoms with Crippen molar-refractivity contribution in [1.82, 2.24) is 0 Å². The lowest BCUT2D eigenvalue weighted by molar-refractivity contribution is -0.119. The van der Waals surface area contributed by atoms with Crippen LogP contribution < -0.4 is 18.9 Å². The lowest BCUT2D eigenvalue weighted by atomic mass is 9.78. The molecule has 2 aromatic heterocycles. The van der Waals surface area contributed by atoms with E-state index < -0.39 is 24.8 Å². The zero-order valence-corrected chi connectivity index (χ0v) is 37.6. The first-order valence-corrected chi connectivity index (χ1v) is 21.7. The van der Waals surface area contributed by atoms with Gasteiger partial charge in [0.05, 0.1) is 39.0 Å². The van der Waals surface area contributed by atoms with Gasteiger partial charge in [-0.2, -0.15) is 0 Å². The highest BCUT2D eigenvalue weighted by Gasteiger charge is 2.25. The number of furan rings is 2. The molecule has 0 fully saturated rings. The fourth-order valence-electron chi connectivity index (χ4n) is 6.91. The van der Waals surface area contributed by atoms with Crippen LogP contribution in [0.4, 0.5) is 0 Å². The van der Waals surface area contributed by atoms with Crippen molar-refractivity contribution in [2.75, 3.05) is 39.6 Å². The largest absolute Gasteiger partial charge is 0.491 e. The predicted molar refractivity (Wildman–Crippen MR) is 242 cm³/mol. The summed E-state index contributed by atoms with van der Waals surface area (Å²) in [6, 6.07) is 39.1. The Kier molecular flexibility index (Phi) is 17.5. The third-order valence-corrected chi connectivity index (χ3v) is 10.9. The molecular formula is C52H62O12. The van der Waals surface area contributed by atoms with Gasteiger partial charge in [0.1, 0.15) is 73.2 Å². The van der Waals surface area contributed by atoms with E-state index in [2.05, 4.69) is 52.0 Å². The molecule has 4 unspecified atom stereocenters. The topological polar surface area (TPSA) is 141 Å². The minimum absolute atomic E-state index is 0.123. The first-order chi connectivity index (χ1) is 30.8.